The number of benzene rings is 4. The van der Waals surface area contributed by atoms with Gasteiger partial charge in [0.2, 0.25) is 0 Å². The molecule has 1 heteroatoms. The Bertz CT molecular complexity index is 964. The second-order valence-corrected chi connectivity index (χ2v) is 5.51. The molecule has 0 aromatic heterocycles. The van der Waals surface area contributed by atoms with Crippen molar-refractivity contribution in [3.8, 4) is 11.1 Å². The SMILES string of the molecule is OCc1ccc2ccccc2c1-c1cccc2ccccc12. The Hall–Kier alpha value is -2.64. The second kappa shape index (κ2) is 5.28. The van der Waals surface area contributed by atoms with E-state index in [-0.39, 0.29) is 6.61 Å². The minimum atomic E-state index is 0.0450. The van der Waals surface area contributed by atoms with Crippen molar-refractivity contribution in [2.24, 2.45) is 0 Å². The summed E-state index contributed by atoms with van der Waals surface area (Å²) in [6.45, 7) is 0.0450. The molecule has 0 amide bonds. The van der Waals surface area contributed by atoms with Crippen molar-refractivity contribution in [3.63, 3.8) is 0 Å². The Kier molecular flexibility index (Phi) is 3.14. The van der Waals surface area contributed by atoms with E-state index < -0.39 is 0 Å². The first kappa shape index (κ1) is 13.1. The van der Waals surface area contributed by atoms with Crippen LogP contribution in [0.15, 0.2) is 78.9 Å². The van der Waals surface area contributed by atoms with Gasteiger partial charge in [-0.3, -0.25) is 0 Å². The van der Waals surface area contributed by atoms with E-state index in [0.29, 0.717) is 0 Å². The van der Waals surface area contributed by atoms with Crippen LogP contribution in [0, 0.1) is 0 Å². The first-order valence-electron chi connectivity index (χ1n) is 7.48. The number of hydrogen-bond acceptors (Lipinski definition) is 1. The molecule has 1 nitrogen and oxygen atoms in total. The summed E-state index contributed by atoms with van der Waals surface area (Å²) < 4.78 is 0. The van der Waals surface area contributed by atoms with Gasteiger partial charge < -0.3 is 5.11 Å². The Morgan fingerprint density at radius 2 is 1.23 bits per heavy atom. The van der Waals surface area contributed by atoms with Gasteiger partial charge in [0.1, 0.15) is 0 Å². The molecule has 4 rings (SSSR count). The summed E-state index contributed by atoms with van der Waals surface area (Å²) in [5.74, 6) is 0. The summed E-state index contributed by atoms with van der Waals surface area (Å²) in [6, 6.07) is 27.2. The van der Waals surface area contributed by atoms with Gasteiger partial charge in [-0.25, -0.2) is 0 Å². The number of rotatable bonds is 2. The molecule has 106 valence electrons. The zero-order valence-electron chi connectivity index (χ0n) is 12.2. The third-order valence-corrected chi connectivity index (χ3v) is 4.24. The standard InChI is InChI=1S/C21H16O/c22-14-17-13-12-16-7-2-4-10-19(16)21(17)20-11-5-8-15-6-1-3-9-18(15)20/h1-13,22H,14H2. The second-order valence-electron chi connectivity index (χ2n) is 5.51. The molecule has 0 aliphatic heterocycles. The summed E-state index contributed by atoms with van der Waals surface area (Å²) in [7, 11) is 0. The van der Waals surface area contributed by atoms with E-state index in [1.54, 1.807) is 0 Å². The normalized spacial score (nSPS) is 11.1. The molecule has 0 aliphatic rings. The highest BCUT2D eigenvalue weighted by atomic mass is 16.3. The lowest BCUT2D eigenvalue weighted by Crippen LogP contribution is -1.92. The fourth-order valence-electron chi connectivity index (χ4n) is 3.21. The fourth-order valence-corrected chi connectivity index (χ4v) is 3.21. The quantitative estimate of drug-likeness (QED) is 0.539. The Morgan fingerprint density at radius 3 is 2.00 bits per heavy atom. The lowest BCUT2D eigenvalue weighted by molar-refractivity contribution is 0.282. The Balaban J connectivity index is 2.16. The van der Waals surface area contributed by atoms with E-state index >= 15 is 0 Å². The van der Waals surface area contributed by atoms with Gasteiger partial charge in [0.05, 0.1) is 6.61 Å². The molecule has 0 atom stereocenters. The van der Waals surface area contributed by atoms with Gasteiger partial charge in [0, 0.05) is 0 Å². The van der Waals surface area contributed by atoms with Crippen LogP contribution in [0.25, 0.3) is 32.7 Å². The smallest absolute Gasteiger partial charge is 0.0688 e. The fraction of sp³-hybridized carbons (Fsp3) is 0.0476. The van der Waals surface area contributed by atoms with Gasteiger partial charge in [-0.1, -0.05) is 78.9 Å². The average molecular weight is 284 g/mol. The highest BCUT2D eigenvalue weighted by Crippen LogP contribution is 2.36. The van der Waals surface area contributed by atoms with Crippen LogP contribution in [-0.2, 0) is 6.61 Å². The van der Waals surface area contributed by atoms with Crippen molar-refractivity contribution in [2.45, 2.75) is 6.61 Å². The summed E-state index contributed by atoms with van der Waals surface area (Å²) in [5.41, 5.74) is 3.28. The molecule has 4 aromatic carbocycles. The van der Waals surface area contributed by atoms with E-state index in [1.165, 1.54) is 27.1 Å². The van der Waals surface area contributed by atoms with Gasteiger partial charge in [-0.15, -0.1) is 0 Å². The van der Waals surface area contributed by atoms with E-state index in [1.807, 2.05) is 12.1 Å². The molecule has 0 unspecified atom stereocenters. The van der Waals surface area contributed by atoms with Crippen LogP contribution in [-0.4, -0.2) is 5.11 Å². The largest absolute Gasteiger partial charge is 0.392 e. The van der Waals surface area contributed by atoms with Crippen molar-refractivity contribution < 1.29 is 5.11 Å². The zero-order chi connectivity index (χ0) is 14.9. The van der Waals surface area contributed by atoms with Crippen molar-refractivity contribution in [1.82, 2.24) is 0 Å². The molecular formula is C21H16O. The molecule has 0 saturated carbocycles. The highest BCUT2D eigenvalue weighted by Gasteiger charge is 2.11. The summed E-state index contributed by atoms with van der Waals surface area (Å²) in [6.07, 6.45) is 0. The van der Waals surface area contributed by atoms with Gasteiger partial charge in [-0.2, -0.15) is 0 Å². The van der Waals surface area contributed by atoms with Gasteiger partial charge >= 0.3 is 0 Å². The maximum Gasteiger partial charge on any atom is 0.0688 e. The number of aliphatic hydroxyl groups excluding tert-OH is 1. The molecular weight excluding hydrogens is 268 g/mol. The lowest BCUT2D eigenvalue weighted by atomic mass is 9.90. The first-order valence-corrected chi connectivity index (χ1v) is 7.48. The van der Waals surface area contributed by atoms with E-state index in [0.717, 1.165) is 11.1 Å². The molecule has 0 fully saturated rings. The molecule has 4 aromatic rings. The molecule has 0 heterocycles. The van der Waals surface area contributed by atoms with Crippen molar-refractivity contribution in [2.75, 3.05) is 0 Å². The predicted octanol–water partition coefficient (Wildman–Crippen LogP) is 5.15. The van der Waals surface area contributed by atoms with Crippen LogP contribution >= 0.6 is 0 Å². The predicted molar refractivity (Wildman–Crippen MR) is 92.8 cm³/mol. The van der Waals surface area contributed by atoms with Crippen LogP contribution in [0.1, 0.15) is 5.56 Å². The summed E-state index contributed by atoms with van der Waals surface area (Å²) in [5, 5.41) is 14.6. The minimum Gasteiger partial charge on any atom is -0.392 e. The number of hydrogen-bond donors (Lipinski definition) is 1. The molecule has 0 saturated heterocycles. The molecule has 0 aliphatic carbocycles. The van der Waals surface area contributed by atoms with Crippen molar-refractivity contribution in [3.05, 3.63) is 84.4 Å². The van der Waals surface area contributed by atoms with Crippen LogP contribution in [0.4, 0.5) is 0 Å². The van der Waals surface area contributed by atoms with Crippen molar-refractivity contribution in [1.29, 1.82) is 0 Å². The average Bonchev–Trinajstić information content (AvgIpc) is 2.60. The van der Waals surface area contributed by atoms with E-state index in [2.05, 4.69) is 66.7 Å². The topological polar surface area (TPSA) is 20.2 Å². The molecule has 1 N–H and O–H groups in total. The van der Waals surface area contributed by atoms with Crippen LogP contribution in [0.3, 0.4) is 0 Å². The Labute approximate surface area is 129 Å². The maximum atomic E-state index is 9.81. The first-order chi connectivity index (χ1) is 10.9. The molecule has 0 radical (unpaired) electrons. The molecule has 22 heavy (non-hydrogen) atoms. The lowest BCUT2D eigenvalue weighted by Gasteiger charge is -2.14. The monoisotopic (exact) mass is 284 g/mol. The highest BCUT2D eigenvalue weighted by molar-refractivity contribution is 6.06. The zero-order valence-corrected chi connectivity index (χ0v) is 12.2. The minimum absolute atomic E-state index is 0.0450. The van der Waals surface area contributed by atoms with Gasteiger partial charge in [0.15, 0.2) is 0 Å². The molecule has 0 bridgehead atoms. The van der Waals surface area contributed by atoms with Crippen molar-refractivity contribution >= 4 is 21.5 Å². The van der Waals surface area contributed by atoms with Crippen LogP contribution in [0.5, 0.6) is 0 Å². The van der Waals surface area contributed by atoms with Gasteiger partial charge in [-0.05, 0) is 38.2 Å². The Morgan fingerprint density at radius 1 is 0.591 bits per heavy atom. The molecule has 0 spiro atoms. The van der Waals surface area contributed by atoms with Gasteiger partial charge in [0.25, 0.3) is 0 Å². The third kappa shape index (κ3) is 1.99. The van der Waals surface area contributed by atoms with Crippen LogP contribution < -0.4 is 0 Å². The maximum absolute atomic E-state index is 9.81. The van der Waals surface area contributed by atoms with E-state index in [4.69, 9.17) is 0 Å². The number of fused-ring (bicyclic) bond motifs is 2. The summed E-state index contributed by atoms with van der Waals surface area (Å²) >= 11 is 0. The van der Waals surface area contributed by atoms with Crippen LogP contribution in [0.2, 0.25) is 0 Å². The summed E-state index contributed by atoms with van der Waals surface area (Å²) in [4.78, 5) is 0. The third-order valence-electron chi connectivity index (χ3n) is 4.24. The number of aliphatic hydroxyl groups is 1. The van der Waals surface area contributed by atoms with E-state index in [9.17, 15) is 5.11 Å².